The van der Waals surface area contributed by atoms with Crippen LogP contribution in [0.15, 0.2) is 175 Å². The van der Waals surface area contributed by atoms with Gasteiger partial charge in [0.15, 0.2) is 24.1 Å². The number of pyridine rings is 1. The molecule has 0 unspecified atom stereocenters. The van der Waals surface area contributed by atoms with Gasteiger partial charge in [-0.05, 0) is 90.0 Å². The Kier molecular flexibility index (Phi) is 12.8. The Hall–Kier alpha value is -7.84. The van der Waals surface area contributed by atoms with Gasteiger partial charge in [-0.25, -0.2) is 33.3 Å². The normalized spacial score (nSPS) is 16.6. The molecule has 13 nitrogen and oxygen atoms in total. The van der Waals surface area contributed by atoms with E-state index in [1.165, 1.54) is 6.07 Å². The highest BCUT2D eigenvalue weighted by Crippen LogP contribution is 2.39. The van der Waals surface area contributed by atoms with Crippen LogP contribution in [0.3, 0.4) is 0 Å². The molecule has 3 heterocycles. The smallest absolute Gasteiger partial charge is 0.338 e. The first-order valence-corrected chi connectivity index (χ1v) is 21.7. The number of ether oxygens (including phenoxy) is 5. The predicted molar refractivity (Wildman–Crippen MR) is 251 cm³/mol. The highest BCUT2D eigenvalue weighted by molar-refractivity contribution is 6.33. The van der Waals surface area contributed by atoms with Crippen molar-refractivity contribution in [1.29, 1.82) is 5.41 Å². The zero-order chi connectivity index (χ0) is 46.6. The summed E-state index contributed by atoms with van der Waals surface area (Å²) in [5.74, 6) is -1.80. The molecular formula is C52H38Cl2N4O9. The molecule has 1 aliphatic rings. The lowest BCUT2D eigenvalue weighted by molar-refractivity contribution is -0.0625. The molecule has 8 aromatic rings. The average molecular weight is 934 g/mol. The maximum atomic E-state index is 15.6. The third kappa shape index (κ3) is 9.08. The fourth-order valence-electron chi connectivity index (χ4n) is 7.90. The van der Waals surface area contributed by atoms with Gasteiger partial charge in [0.2, 0.25) is 0 Å². The van der Waals surface area contributed by atoms with Crippen molar-refractivity contribution in [2.45, 2.75) is 24.5 Å². The second kappa shape index (κ2) is 19.3. The highest BCUT2D eigenvalue weighted by atomic mass is 35.5. The number of rotatable bonds is 12. The molecule has 1 saturated heterocycles. The van der Waals surface area contributed by atoms with Crippen LogP contribution in [0.25, 0.3) is 39.1 Å². The van der Waals surface area contributed by atoms with Crippen molar-refractivity contribution in [3.8, 4) is 33.8 Å². The molecule has 4 atom stereocenters. The summed E-state index contributed by atoms with van der Waals surface area (Å²) in [5, 5.41) is 10.6. The van der Waals surface area contributed by atoms with Gasteiger partial charge in [-0.3, -0.25) is 5.41 Å². The summed E-state index contributed by atoms with van der Waals surface area (Å²) in [7, 11) is 1.55. The van der Waals surface area contributed by atoms with Crippen LogP contribution in [0, 0.1) is 5.41 Å². The molecule has 6 aromatic carbocycles. The van der Waals surface area contributed by atoms with E-state index in [0.717, 1.165) is 9.13 Å². The van der Waals surface area contributed by atoms with Crippen LogP contribution in [0.1, 0.15) is 37.3 Å². The number of carbonyl (C=O) groups excluding carboxylic acids is 3. The largest absolute Gasteiger partial charge is 0.497 e. The molecule has 0 spiro atoms. The number of fused-ring (bicyclic) bond motifs is 1. The molecule has 0 saturated carbocycles. The topological polar surface area (TPSA) is 161 Å². The molecule has 0 radical (unpaired) electrons. The molecule has 1 fully saturated rings. The van der Waals surface area contributed by atoms with E-state index in [1.807, 2.05) is 0 Å². The minimum atomic E-state index is -1.67. The van der Waals surface area contributed by atoms with Gasteiger partial charge in [0.1, 0.15) is 23.9 Å². The summed E-state index contributed by atoms with van der Waals surface area (Å²) in [5.41, 5.74) is 1.39. The molecule has 9 rings (SSSR count). The summed E-state index contributed by atoms with van der Waals surface area (Å²) >= 11 is 13.4. The fourth-order valence-corrected chi connectivity index (χ4v) is 8.32. The standard InChI is InChI=1S/C52H38Cl2N4O9/c1-63-37-26-24-31(25-27-37)39-29-41(38-22-11-12-23-40(38)54)56-47-43(39)46(55)57(36-21-13-20-35(53)28-36)52(62)58(47)48-45(67-51(61)34-18-9-4-10-19-34)44(66-50(60)33-16-7-3-8-17-33)42(65-48)30-64-49(59)32-14-5-2-6-15-32/h2-29,42,44-45,48,55H,30H2,1H3/t42-,44-,45-,48-/m1/s1. The SMILES string of the molecule is COc1ccc(-c2cc(-c3ccccc3Cl)nc3c2c(=N)n(-c2cccc(Cl)c2)c(=O)n3[C@@H]2O[C@H](COC(=O)c3ccccc3)[C@@H](OC(=O)c3ccccc3)[C@H]2OC(=O)c2ccccc2)cc1. The lowest BCUT2D eigenvalue weighted by atomic mass is 9.99. The van der Waals surface area contributed by atoms with E-state index in [2.05, 4.69) is 0 Å². The molecule has 67 heavy (non-hydrogen) atoms. The third-order valence-electron chi connectivity index (χ3n) is 11.1. The van der Waals surface area contributed by atoms with Crippen molar-refractivity contribution in [3.63, 3.8) is 0 Å². The minimum absolute atomic E-state index is 0.0858. The third-order valence-corrected chi connectivity index (χ3v) is 11.7. The summed E-state index contributed by atoms with van der Waals surface area (Å²) in [4.78, 5) is 62.5. The van der Waals surface area contributed by atoms with E-state index in [0.29, 0.717) is 33.2 Å². The molecule has 0 aliphatic carbocycles. The first-order chi connectivity index (χ1) is 32.6. The van der Waals surface area contributed by atoms with Crippen molar-refractivity contribution in [2.24, 2.45) is 0 Å². The van der Waals surface area contributed by atoms with E-state index < -0.39 is 54.7 Å². The molecule has 334 valence electrons. The molecule has 1 aliphatic heterocycles. The molecule has 1 N–H and O–H groups in total. The monoisotopic (exact) mass is 932 g/mol. The number of benzene rings is 6. The number of carbonyl (C=O) groups is 3. The van der Waals surface area contributed by atoms with E-state index in [4.69, 9.17) is 51.9 Å². The van der Waals surface area contributed by atoms with E-state index >= 15 is 4.79 Å². The summed E-state index contributed by atoms with van der Waals surface area (Å²) in [6.07, 6.45) is -6.16. The zero-order valence-electron chi connectivity index (χ0n) is 35.5. The van der Waals surface area contributed by atoms with E-state index in [-0.39, 0.29) is 43.9 Å². The number of nitrogens with one attached hydrogen (secondary N) is 1. The molecule has 2 aromatic heterocycles. The number of esters is 3. The molecular weight excluding hydrogens is 895 g/mol. The van der Waals surface area contributed by atoms with E-state index in [9.17, 15) is 19.8 Å². The Morgan fingerprint density at radius 3 is 1.85 bits per heavy atom. The zero-order valence-corrected chi connectivity index (χ0v) is 37.0. The Morgan fingerprint density at radius 1 is 0.672 bits per heavy atom. The van der Waals surface area contributed by atoms with Crippen LogP contribution in [-0.2, 0) is 18.9 Å². The summed E-state index contributed by atoms with van der Waals surface area (Å²) in [6.45, 7) is -0.525. The second-order valence-corrected chi connectivity index (χ2v) is 16.1. The number of nitrogens with zero attached hydrogens (tertiary/aromatic N) is 3. The molecule has 0 bridgehead atoms. The van der Waals surface area contributed by atoms with Crippen LogP contribution >= 0.6 is 23.2 Å². The van der Waals surface area contributed by atoms with Gasteiger partial charge >= 0.3 is 23.6 Å². The first-order valence-electron chi connectivity index (χ1n) is 20.9. The Bertz CT molecular complexity index is 3260. The lowest BCUT2D eigenvalue weighted by Gasteiger charge is -2.27. The van der Waals surface area contributed by atoms with Crippen molar-refractivity contribution in [2.75, 3.05) is 13.7 Å². The van der Waals surface area contributed by atoms with Crippen LogP contribution in [-0.4, -0.2) is 64.1 Å². The maximum Gasteiger partial charge on any atom is 0.338 e. The molecule has 0 amide bonds. The number of aromatic nitrogens is 3. The van der Waals surface area contributed by atoms with Crippen molar-refractivity contribution >= 4 is 52.1 Å². The quantitative estimate of drug-likeness (QED) is 0.0923. The van der Waals surface area contributed by atoms with Crippen LogP contribution in [0.5, 0.6) is 5.75 Å². The van der Waals surface area contributed by atoms with Crippen LogP contribution in [0.2, 0.25) is 10.0 Å². The van der Waals surface area contributed by atoms with E-state index in [1.54, 1.807) is 171 Å². The van der Waals surface area contributed by atoms with Gasteiger partial charge in [0, 0.05) is 15.6 Å². The van der Waals surface area contributed by atoms with Gasteiger partial charge < -0.3 is 23.7 Å². The van der Waals surface area contributed by atoms with Gasteiger partial charge in [-0.15, -0.1) is 0 Å². The van der Waals surface area contributed by atoms with Crippen LogP contribution < -0.4 is 15.9 Å². The second-order valence-electron chi connectivity index (χ2n) is 15.3. The van der Waals surface area contributed by atoms with Gasteiger partial charge in [0.05, 0.1) is 40.6 Å². The Morgan fingerprint density at radius 2 is 1.25 bits per heavy atom. The maximum absolute atomic E-state index is 15.6. The average Bonchev–Trinajstić information content (AvgIpc) is 3.68. The van der Waals surface area contributed by atoms with Crippen LogP contribution in [0.4, 0.5) is 0 Å². The van der Waals surface area contributed by atoms with Crippen molar-refractivity contribution in [3.05, 3.63) is 213 Å². The highest BCUT2D eigenvalue weighted by Gasteiger charge is 2.52. The number of hydrogen-bond acceptors (Lipinski definition) is 11. The first kappa shape index (κ1) is 44.4. The van der Waals surface area contributed by atoms with Gasteiger partial charge in [-0.1, -0.05) is 114 Å². The number of hydrogen-bond donors (Lipinski definition) is 1. The fraction of sp³-hybridized carbons (Fsp3) is 0.115. The number of methoxy groups -OCH3 is 1. The van der Waals surface area contributed by atoms with Gasteiger partial charge in [0.25, 0.3) is 0 Å². The molecule has 15 heteroatoms. The summed E-state index contributed by atoms with van der Waals surface area (Å²) in [6, 6.07) is 46.8. The van der Waals surface area contributed by atoms with Crippen molar-refractivity contribution < 1.29 is 38.1 Å². The Labute approximate surface area is 392 Å². The Balaban J connectivity index is 1.32. The minimum Gasteiger partial charge on any atom is -0.497 e. The summed E-state index contributed by atoms with van der Waals surface area (Å²) < 4.78 is 32.9. The number of halogens is 2. The lowest BCUT2D eigenvalue weighted by Crippen LogP contribution is -2.46. The van der Waals surface area contributed by atoms with Gasteiger partial charge in [-0.2, -0.15) is 0 Å². The predicted octanol–water partition coefficient (Wildman–Crippen LogP) is 9.52. The van der Waals surface area contributed by atoms with Crippen molar-refractivity contribution in [1.82, 2.24) is 14.1 Å².